The minimum absolute atomic E-state index is 0.0430. The van der Waals surface area contributed by atoms with E-state index in [-0.39, 0.29) is 11.9 Å². The second-order valence-electron chi connectivity index (χ2n) is 5.24. The molecule has 1 aliphatic rings. The quantitative estimate of drug-likeness (QED) is 0.816. The van der Waals surface area contributed by atoms with E-state index in [9.17, 15) is 4.79 Å². The molecule has 1 aromatic carbocycles. The van der Waals surface area contributed by atoms with Crippen LogP contribution in [0.4, 0.5) is 5.69 Å². The van der Waals surface area contributed by atoms with Crippen LogP contribution in [0.15, 0.2) is 18.2 Å². The Morgan fingerprint density at radius 3 is 3.00 bits per heavy atom. The number of nitrogens with two attached hydrogens (primary N) is 1. The Bertz CT molecular complexity index is 438. The number of hydrogen-bond donors (Lipinski definition) is 2. The van der Waals surface area contributed by atoms with E-state index >= 15 is 0 Å². The SMILES string of the molecule is CCN1CCCC(NC(=O)c2c(C)cccc2N)C1. The largest absolute Gasteiger partial charge is 0.398 e. The van der Waals surface area contributed by atoms with Crippen molar-refractivity contribution in [2.24, 2.45) is 0 Å². The molecule has 1 aromatic rings. The Morgan fingerprint density at radius 1 is 1.53 bits per heavy atom. The molecule has 1 amide bonds. The van der Waals surface area contributed by atoms with Gasteiger partial charge in [-0.25, -0.2) is 0 Å². The minimum atomic E-state index is -0.0430. The summed E-state index contributed by atoms with van der Waals surface area (Å²) in [6, 6.07) is 5.81. The molecular weight excluding hydrogens is 238 g/mol. The van der Waals surface area contributed by atoms with Crippen LogP contribution >= 0.6 is 0 Å². The molecule has 3 N–H and O–H groups in total. The van der Waals surface area contributed by atoms with Gasteiger partial charge in [0.05, 0.1) is 5.56 Å². The lowest BCUT2D eigenvalue weighted by molar-refractivity contribution is 0.0906. The molecular formula is C15H23N3O. The highest BCUT2D eigenvalue weighted by atomic mass is 16.1. The van der Waals surface area contributed by atoms with Gasteiger partial charge in [-0.05, 0) is 44.5 Å². The summed E-state index contributed by atoms with van der Waals surface area (Å²) in [5, 5.41) is 3.12. The number of nitrogen functional groups attached to an aromatic ring is 1. The number of aryl methyl sites for hydroxylation is 1. The van der Waals surface area contributed by atoms with Crippen LogP contribution in [0.25, 0.3) is 0 Å². The van der Waals surface area contributed by atoms with Crippen molar-refractivity contribution in [3.63, 3.8) is 0 Å². The minimum Gasteiger partial charge on any atom is -0.398 e. The maximum Gasteiger partial charge on any atom is 0.253 e. The first-order valence-corrected chi connectivity index (χ1v) is 7.00. The normalized spacial score (nSPS) is 20.2. The van der Waals surface area contributed by atoms with E-state index in [1.54, 1.807) is 6.07 Å². The molecule has 0 bridgehead atoms. The summed E-state index contributed by atoms with van der Waals surface area (Å²) in [6.45, 7) is 7.19. The second-order valence-corrected chi connectivity index (χ2v) is 5.24. The topological polar surface area (TPSA) is 58.4 Å². The smallest absolute Gasteiger partial charge is 0.253 e. The number of likely N-dealkylation sites (N-methyl/N-ethyl adjacent to an activating group) is 1. The molecule has 4 heteroatoms. The third-order valence-corrected chi connectivity index (χ3v) is 3.82. The van der Waals surface area contributed by atoms with Crippen LogP contribution in [0.2, 0.25) is 0 Å². The van der Waals surface area contributed by atoms with Gasteiger partial charge in [0, 0.05) is 18.3 Å². The molecule has 1 atom stereocenters. The standard InChI is InChI=1S/C15H23N3O/c1-3-18-9-5-7-12(10-18)17-15(19)14-11(2)6-4-8-13(14)16/h4,6,8,12H,3,5,7,9-10,16H2,1-2H3,(H,17,19). The number of carbonyl (C=O) groups is 1. The number of amides is 1. The van der Waals surface area contributed by atoms with E-state index in [0.29, 0.717) is 11.3 Å². The Balaban J connectivity index is 2.05. The van der Waals surface area contributed by atoms with Gasteiger partial charge in [0.2, 0.25) is 0 Å². The predicted octanol–water partition coefficient (Wildman–Crippen LogP) is 1.79. The summed E-state index contributed by atoms with van der Waals surface area (Å²) in [5.74, 6) is -0.0430. The van der Waals surface area contributed by atoms with Gasteiger partial charge >= 0.3 is 0 Å². The fourth-order valence-electron chi connectivity index (χ4n) is 2.72. The first kappa shape index (κ1) is 13.9. The number of anilines is 1. The maximum absolute atomic E-state index is 12.3. The Labute approximate surface area is 115 Å². The molecule has 1 heterocycles. The van der Waals surface area contributed by atoms with Gasteiger partial charge in [0.15, 0.2) is 0 Å². The van der Waals surface area contributed by atoms with E-state index in [4.69, 9.17) is 5.73 Å². The van der Waals surface area contributed by atoms with E-state index < -0.39 is 0 Å². The Hall–Kier alpha value is -1.55. The van der Waals surface area contributed by atoms with Crippen molar-refractivity contribution >= 4 is 11.6 Å². The number of piperidine rings is 1. The molecule has 104 valence electrons. The van der Waals surface area contributed by atoms with Gasteiger partial charge in [0.1, 0.15) is 0 Å². The first-order valence-electron chi connectivity index (χ1n) is 7.00. The highest BCUT2D eigenvalue weighted by Crippen LogP contribution is 2.17. The fraction of sp³-hybridized carbons (Fsp3) is 0.533. The van der Waals surface area contributed by atoms with Gasteiger partial charge in [-0.1, -0.05) is 19.1 Å². The molecule has 19 heavy (non-hydrogen) atoms. The van der Waals surface area contributed by atoms with E-state index in [2.05, 4.69) is 17.1 Å². The zero-order valence-corrected chi connectivity index (χ0v) is 11.8. The highest BCUT2D eigenvalue weighted by Gasteiger charge is 2.22. The summed E-state index contributed by atoms with van der Waals surface area (Å²) in [6.07, 6.45) is 2.19. The average Bonchev–Trinajstić information content (AvgIpc) is 2.38. The Morgan fingerprint density at radius 2 is 2.32 bits per heavy atom. The van der Waals surface area contributed by atoms with Crippen molar-refractivity contribution in [2.75, 3.05) is 25.4 Å². The molecule has 0 aromatic heterocycles. The molecule has 1 saturated heterocycles. The fourth-order valence-corrected chi connectivity index (χ4v) is 2.72. The average molecular weight is 261 g/mol. The summed E-state index contributed by atoms with van der Waals surface area (Å²) in [4.78, 5) is 14.7. The molecule has 0 spiro atoms. The van der Waals surface area contributed by atoms with Crippen LogP contribution < -0.4 is 11.1 Å². The molecule has 0 aliphatic carbocycles. The third-order valence-electron chi connectivity index (χ3n) is 3.82. The molecule has 0 saturated carbocycles. The van der Waals surface area contributed by atoms with E-state index in [1.807, 2.05) is 19.1 Å². The van der Waals surface area contributed by atoms with E-state index in [0.717, 1.165) is 38.0 Å². The Kier molecular flexibility index (Phi) is 4.43. The number of rotatable bonds is 3. The molecule has 2 rings (SSSR count). The van der Waals surface area contributed by atoms with Crippen LogP contribution in [-0.4, -0.2) is 36.5 Å². The van der Waals surface area contributed by atoms with Crippen molar-refractivity contribution in [3.8, 4) is 0 Å². The summed E-state index contributed by atoms with van der Waals surface area (Å²) < 4.78 is 0. The maximum atomic E-state index is 12.3. The van der Waals surface area contributed by atoms with Crippen LogP contribution in [-0.2, 0) is 0 Å². The van der Waals surface area contributed by atoms with E-state index in [1.165, 1.54) is 0 Å². The van der Waals surface area contributed by atoms with Gasteiger partial charge < -0.3 is 16.0 Å². The highest BCUT2D eigenvalue weighted by molar-refractivity contribution is 6.00. The molecule has 0 radical (unpaired) electrons. The van der Waals surface area contributed by atoms with Gasteiger partial charge in [-0.3, -0.25) is 4.79 Å². The van der Waals surface area contributed by atoms with Gasteiger partial charge in [0.25, 0.3) is 5.91 Å². The number of carbonyl (C=O) groups excluding carboxylic acids is 1. The van der Waals surface area contributed by atoms with Crippen molar-refractivity contribution in [2.45, 2.75) is 32.7 Å². The lowest BCUT2D eigenvalue weighted by Gasteiger charge is -2.32. The second kappa shape index (κ2) is 6.06. The number of nitrogens with zero attached hydrogens (tertiary/aromatic N) is 1. The number of benzene rings is 1. The molecule has 4 nitrogen and oxygen atoms in total. The zero-order valence-electron chi connectivity index (χ0n) is 11.8. The van der Waals surface area contributed by atoms with Crippen LogP contribution in [0.5, 0.6) is 0 Å². The van der Waals surface area contributed by atoms with Crippen molar-refractivity contribution in [3.05, 3.63) is 29.3 Å². The van der Waals surface area contributed by atoms with Crippen molar-refractivity contribution in [1.29, 1.82) is 0 Å². The molecule has 1 unspecified atom stereocenters. The van der Waals surface area contributed by atoms with Crippen molar-refractivity contribution in [1.82, 2.24) is 10.2 Å². The monoisotopic (exact) mass is 261 g/mol. The summed E-state index contributed by atoms with van der Waals surface area (Å²) in [5.41, 5.74) is 8.02. The zero-order chi connectivity index (χ0) is 13.8. The van der Waals surface area contributed by atoms with Gasteiger partial charge in [-0.15, -0.1) is 0 Å². The molecule has 1 fully saturated rings. The van der Waals surface area contributed by atoms with Gasteiger partial charge in [-0.2, -0.15) is 0 Å². The van der Waals surface area contributed by atoms with Crippen LogP contribution in [0.3, 0.4) is 0 Å². The van der Waals surface area contributed by atoms with Crippen molar-refractivity contribution < 1.29 is 4.79 Å². The summed E-state index contributed by atoms with van der Waals surface area (Å²) >= 11 is 0. The summed E-state index contributed by atoms with van der Waals surface area (Å²) in [7, 11) is 0. The third kappa shape index (κ3) is 3.26. The van der Waals surface area contributed by atoms with Crippen LogP contribution in [0.1, 0.15) is 35.7 Å². The molecule has 1 aliphatic heterocycles. The number of hydrogen-bond acceptors (Lipinski definition) is 3. The lowest BCUT2D eigenvalue weighted by Crippen LogP contribution is -2.47. The number of likely N-dealkylation sites (tertiary alicyclic amines) is 1. The lowest BCUT2D eigenvalue weighted by atomic mass is 10.0. The number of nitrogens with one attached hydrogen (secondary N) is 1. The first-order chi connectivity index (χ1) is 9.11. The predicted molar refractivity (Wildman–Crippen MR) is 78.2 cm³/mol. The van der Waals surface area contributed by atoms with Crippen LogP contribution in [0, 0.1) is 6.92 Å².